The van der Waals surface area contributed by atoms with Crippen molar-refractivity contribution < 1.29 is 13.9 Å². The molecular weight excluding hydrogens is 352 g/mol. The second kappa shape index (κ2) is 8.48. The first kappa shape index (κ1) is 17.9. The Kier molecular flexibility index (Phi) is 5.85. The third-order valence-corrected chi connectivity index (χ3v) is 4.28. The van der Waals surface area contributed by atoms with E-state index in [-0.39, 0.29) is 0 Å². The van der Waals surface area contributed by atoms with Crippen molar-refractivity contribution in [3.05, 3.63) is 48.4 Å². The molecule has 0 saturated heterocycles. The van der Waals surface area contributed by atoms with Crippen LogP contribution >= 0.6 is 11.8 Å². The second-order valence-corrected chi connectivity index (χ2v) is 6.06. The van der Waals surface area contributed by atoms with Gasteiger partial charge in [-0.05, 0) is 30.5 Å². The van der Waals surface area contributed by atoms with Gasteiger partial charge in [0.25, 0.3) is 0 Å². The van der Waals surface area contributed by atoms with Crippen LogP contribution in [0.15, 0.2) is 52.1 Å². The Hall–Kier alpha value is -2.87. The summed E-state index contributed by atoms with van der Waals surface area (Å²) in [6, 6.07) is 11.3. The molecule has 2 heterocycles. The molecule has 0 spiro atoms. The highest BCUT2D eigenvalue weighted by atomic mass is 32.2. The topological polar surface area (TPSA) is 84.7 Å². The lowest BCUT2D eigenvalue weighted by atomic mass is 10.1. The molecule has 26 heavy (non-hydrogen) atoms. The molecule has 0 aliphatic carbocycles. The first-order valence-corrected chi connectivity index (χ1v) is 9.11. The molecule has 1 aromatic carbocycles. The lowest BCUT2D eigenvalue weighted by Crippen LogP contribution is -2.07. The number of anilines is 1. The Morgan fingerprint density at radius 3 is 2.85 bits per heavy atom. The molecule has 2 N–H and O–H groups in total. The van der Waals surface area contributed by atoms with Gasteiger partial charge in [0, 0.05) is 17.7 Å². The number of aromatic nitrogens is 2. The minimum absolute atomic E-state index is 0.472. The number of aliphatic imine (C=N–C) groups is 1. The first-order valence-electron chi connectivity index (χ1n) is 7.89. The van der Waals surface area contributed by atoms with Crippen molar-refractivity contribution >= 4 is 22.7 Å². The number of hydrogen-bond donors (Lipinski definition) is 2. The fourth-order valence-corrected chi connectivity index (χ4v) is 2.76. The van der Waals surface area contributed by atoms with Gasteiger partial charge in [0.15, 0.2) is 11.0 Å². The van der Waals surface area contributed by atoms with E-state index in [4.69, 9.17) is 13.9 Å². The molecule has 0 aliphatic rings. The molecule has 0 unspecified atom stereocenters. The van der Waals surface area contributed by atoms with Gasteiger partial charge in [-0.1, -0.05) is 11.8 Å². The number of H-pyrrole nitrogens is 1. The van der Waals surface area contributed by atoms with Crippen molar-refractivity contribution in [1.29, 1.82) is 0 Å². The molecule has 2 aromatic heterocycles. The minimum atomic E-state index is 0.472. The van der Waals surface area contributed by atoms with Crippen LogP contribution in [-0.4, -0.2) is 35.8 Å². The van der Waals surface area contributed by atoms with Gasteiger partial charge in [-0.3, -0.25) is 10.1 Å². The van der Waals surface area contributed by atoms with E-state index in [1.165, 1.54) is 11.8 Å². The summed E-state index contributed by atoms with van der Waals surface area (Å²) < 4.78 is 16.0. The molecule has 0 aliphatic heterocycles. The Bertz CT molecular complexity index is 874. The van der Waals surface area contributed by atoms with Crippen LogP contribution in [0.3, 0.4) is 0 Å². The maximum atomic E-state index is 5.45. The van der Waals surface area contributed by atoms with E-state index in [1.54, 1.807) is 20.5 Å². The van der Waals surface area contributed by atoms with Gasteiger partial charge in [-0.2, -0.15) is 5.10 Å². The number of aromatic amines is 1. The largest absolute Gasteiger partial charge is 0.497 e. The number of methoxy groups -OCH3 is 2. The zero-order valence-electron chi connectivity index (χ0n) is 14.8. The van der Waals surface area contributed by atoms with Crippen LogP contribution in [0.25, 0.3) is 11.3 Å². The van der Waals surface area contributed by atoms with Gasteiger partial charge in [0.1, 0.15) is 17.3 Å². The normalized spacial score (nSPS) is 11.4. The fourth-order valence-electron chi connectivity index (χ4n) is 2.36. The molecule has 0 fully saturated rings. The summed E-state index contributed by atoms with van der Waals surface area (Å²) in [7, 11) is 3.25. The number of hydrogen-bond acceptors (Lipinski definition) is 6. The van der Waals surface area contributed by atoms with E-state index in [1.807, 2.05) is 42.7 Å². The highest BCUT2D eigenvalue weighted by molar-refractivity contribution is 8.13. The number of ether oxygens (including phenoxy) is 2. The lowest BCUT2D eigenvalue weighted by Gasteiger charge is -2.08. The smallest absolute Gasteiger partial charge is 0.162 e. The van der Waals surface area contributed by atoms with Gasteiger partial charge in [0.05, 0.1) is 32.7 Å². The van der Waals surface area contributed by atoms with Gasteiger partial charge in [0.2, 0.25) is 0 Å². The van der Waals surface area contributed by atoms with Crippen LogP contribution in [0.4, 0.5) is 5.82 Å². The Labute approximate surface area is 155 Å². The standard InChI is InChI=1S/C18H20N4O3S/c1-23-12-6-7-14(16(9-12)24-2)15-10-17(22-21-15)20-18(26-3)19-11-13-5-4-8-25-13/h4-10H,11H2,1-3H3,(H2,19,20,21,22). The van der Waals surface area contributed by atoms with E-state index in [0.29, 0.717) is 18.1 Å². The van der Waals surface area contributed by atoms with Gasteiger partial charge in [-0.25, -0.2) is 0 Å². The Morgan fingerprint density at radius 1 is 1.27 bits per heavy atom. The van der Waals surface area contributed by atoms with Crippen molar-refractivity contribution in [3.63, 3.8) is 0 Å². The summed E-state index contributed by atoms with van der Waals surface area (Å²) in [6.07, 6.45) is 3.59. The van der Waals surface area contributed by atoms with E-state index in [2.05, 4.69) is 20.5 Å². The van der Waals surface area contributed by atoms with Crippen molar-refractivity contribution in [3.8, 4) is 22.8 Å². The molecule has 8 heteroatoms. The monoisotopic (exact) mass is 372 g/mol. The van der Waals surface area contributed by atoms with Crippen LogP contribution in [0.1, 0.15) is 5.76 Å². The molecule has 0 bridgehead atoms. The van der Waals surface area contributed by atoms with Gasteiger partial charge >= 0.3 is 0 Å². The molecule has 0 amide bonds. The van der Waals surface area contributed by atoms with E-state index in [0.717, 1.165) is 27.9 Å². The summed E-state index contributed by atoms with van der Waals surface area (Å²) in [5, 5.41) is 11.3. The average Bonchev–Trinajstić information content (AvgIpc) is 3.36. The number of amidine groups is 1. The summed E-state index contributed by atoms with van der Waals surface area (Å²) in [4.78, 5) is 4.50. The molecule has 0 saturated carbocycles. The summed E-state index contributed by atoms with van der Waals surface area (Å²) in [5.74, 6) is 2.92. The van der Waals surface area contributed by atoms with Crippen molar-refractivity contribution in [1.82, 2.24) is 10.2 Å². The molecule has 3 aromatic rings. The van der Waals surface area contributed by atoms with Crippen LogP contribution in [0, 0.1) is 0 Å². The van der Waals surface area contributed by atoms with Crippen molar-refractivity contribution in [2.75, 3.05) is 25.8 Å². The first-order chi connectivity index (χ1) is 12.7. The molecule has 136 valence electrons. The summed E-state index contributed by atoms with van der Waals surface area (Å²) in [6.45, 7) is 0.472. The Balaban J connectivity index is 1.76. The predicted octanol–water partition coefficient (Wildman–Crippen LogP) is 4.02. The third kappa shape index (κ3) is 4.20. The predicted molar refractivity (Wildman–Crippen MR) is 104 cm³/mol. The summed E-state index contributed by atoms with van der Waals surface area (Å²) >= 11 is 1.51. The number of thioether (sulfide) groups is 1. The molecule has 0 atom stereocenters. The SMILES string of the molecule is COc1ccc(-c2cc(NC(=NCc3ccco3)SC)n[nH]2)c(OC)c1. The van der Waals surface area contributed by atoms with E-state index < -0.39 is 0 Å². The van der Waals surface area contributed by atoms with Gasteiger partial charge in [-0.15, -0.1) is 0 Å². The highest BCUT2D eigenvalue weighted by Crippen LogP contribution is 2.33. The zero-order valence-corrected chi connectivity index (χ0v) is 15.6. The highest BCUT2D eigenvalue weighted by Gasteiger charge is 2.11. The molecular formula is C18H20N4O3S. The van der Waals surface area contributed by atoms with Crippen LogP contribution < -0.4 is 14.8 Å². The molecule has 7 nitrogen and oxygen atoms in total. The van der Waals surface area contributed by atoms with Crippen LogP contribution in [-0.2, 0) is 6.54 Å². The lowest BCUT2D eigenvalue weighted by molar-refractivity contribution is 0.395. The second-order valence-electron chi connectivity index (χ2n) is 5.26. The van der Waals surface area contributed by atoms with Crippen molar-refractivity contribution in [2.45, 2.75) is 6.54 Å². The number of furan rings is 1. The van der Waals surface area contributed by atoms with Crippen molar-refractivity contribution in [2.24, 2.45) is 4.99 Å². The minimum Gasteiger partial charge on any atom is -0.497 e. The van der Waals surface area contributed by atoms with Crippen LogP contribution in [0.5, 0.6) is 11.5 Å². The Morgan fingerprint density at radius 2 is 2.15 bits per heavy atom. The summed E-state index contributed by atoms with van der Waals surface area (Å²) in [5.41, 5.74) is 1.73. The molecule has 3 rings (SSSR count). The van der Waals surface area contributed by atoms with Crippen LogP contribution in [0.2, 0.25) is 0 Å². The van der Waals surface area contributed by atoms with E-state index in [9.17, 15) is 0 Å². The molecule has 0 radical (unpaired) electrons. The number of nitrogens with zero attached hydrogens (tertiary/aromatic N) is 2. The van der Waals surface area contributed by atoms with Gasteiger partial charge < -0.3 is 19.2 Å². The number of benzene rings is 1. The number of rotatable bonds is 6. The average molecular weight is 372 g/mol. The van der Waals surface area contributed by atoms with E-state index >= 15 is 0 Å². The fraction of sp³-hybridized carbons (Fsp3) is 0.222. The third-order valence-electron chi connectivity index (χ3n) is 3.66. The number of nitrogens with one attached hydrogen (secondary N) is 2. The zero-order chi connectivity index (χ0) is 18.4. The maximum absolute atomic E-state index is 5.45. The maximum Gasteiger partial charge on any atom is 0.162 e. The quantitative estimate of drug-likeness (QED) is 0.502.